The van der Waals surface area contributed by atoms with E-state index in [2.05, 4.69) is 10.6 Å². The SMILES string of the molecule is COC(=O)[C@H](NC(=O)Cc1ccc2c(c1)NC(=O)C2)c1ccsc1. The van der Waals surface area contributed by atoms with E-state index in [0.717, 1.165) is 16.8 Å². The summed E-state index contributed by atoms with van der Waals surface area (Å²) in [6, 6.07) is 6.40. The van der Waals surface area contributed by atoms with Gasteiger partial charge in [-0.1, -0.05) is 12.1 Å². The quantitative estimate of drug-likeness (QED) is 0.810. The first-order chi connectivity index (χ1) is 11.6. The summed E-state index contributed by atoms with van der Waals surface area (Å²) in [4.78, 5) is 35.6. The summed E-state index contributed by atoms with van der Waals surface area (Å²) in [5.41, 5.74) is 3.13. The van der Waals surface area contributed by atoms with Crippen LogP contribution in [-0.2, 0) is 32.0 Å². The fourth-order valence-electron chi connectivity index (χ4n) is 2.60. The van der Waals surface area contributed by atoms with Gasteiger partial charge in [-0.05, 0) is 39.6 Å². The zero-order chi connectivity index (χ0) is 17.1. The molecule has 0 saturated carbocycles. The zero-order valence-corrected chi connectivity index (χ0v) is 13.8. The Kier molecular flexibility index (Phi) is 4.61. The highest BCUT2D eigenvalue weighted by Crippen LogP contribution is 2.24. The van der Waals surface area contributed by atoms with Crippen molar-refractivity contribution in [2.75, 3.05) is 12.4 Å². The lowest BCUT2D eigenvalue weighted by Gasteiger charge is -2.15. The minimum absolute atomic E-state index is 0.0465. The van der Waals surface area contributed by atoms with E-state index in [1.54, 1.807) is 17.5 Å². The Labute approximate surface area is 142 Å². The second-order valence-electron chi connectivity index (χ2n) is 5.47. The Bertz CT molecular complexity index is 786. The van der Waals surface area contributed by atoms with Gasteiger partial charge in [0.25, 0.3) is 0 Å². The molecule has 0 bridgehead atoms. The van der Waals surface area contributed by atoms with Crippen molar-refractivity contribution in [1.29, 1.82) is 0 Å². The van der Waals surface area contributed by atoms with E-state index in [9.17, 15) is 14.4 Å². The minimum Gasteiger partial charge on any atom is -0.467 e. The van der Waals surface area contributed by atoms with Crippen molar-refractivity contribution in [1.82, 2.24) is 5.32 Å². The van der Waals surface area contributed by atoms with E-state index in [0.29, 0.717) is 12.0 Å². The number of amides is 2. The lowest BCUT2D eigenvalue weighted by atomic mass is 10.1. The van der Waals surface area contributed by atoms with Gasteiger partial charge in [0.15, 0.2) is 6.04 Å². The van der Waals surface area contributed by atoms with Crippen molar-refractivity contribution in [3.05, 3.63) is 51.7 Å². The second-order valence-corrected chi connectivity index (χ2v) is 6.25. The Hall–Kier alpha value is -2.67. The molecular weight excluding hydrogens is 328 g/mol. The molecule has 1 aliphatic heterocycles. The first-order valence-corrected chi connectivity index (χ1v) is 8.32. The van der Waals surface area contributed by atoms with E-state index >= 15 is 0 Å². The van der Waals surface area contributed by atoms with Crippen LogP contribution < -0.4 is 10.6 Å². The van der Waals surface area contributed by atoms with Gasteiger partial charge in [0.2, 0.25) is 11.8 Å². The first-order valence-electron chi connectivity index (χ1n) is 7.38. The Morgan fingerprint density at radius 3 is 2.92 bits per heavy atom. The standard InChI is InChI=1S/C17H16N2O4S/c1-23-17(22)16(12-4-5-24-9-12)19-14(20)7-10-2-3-11-8-15(21)18-13(11)6-10/h2-6,9,16H,7-8H2,1H3,(H,18,21)(H,19,20)/t16-/m1/s1. The van der Waals surface area contributed by atoms with Gasteiger partial charge in [-0.25, -0.2) is 4.79 Å². The number of carbonyl (C=O) groups excluding carboxylic acids is 3. The van der Waals surface area contributed by atoms with Gasteiger partial charge in [-0.2, -0.15) is 11.3 Å². The molecule has 124 valence electrons. The number of ether oxygens (including phenoxy) is 1. The van der Waals surface area contributed by atoms with Crippen molar-refractivity contribution in [2.24, 2.45) is 0 Å². The molecular formula is C17H16N2O4S. The molecule has 0 unspecified atom stereocenters. The third kappa shape index (κ3) is 3.46. The normalized spacial score (nSPS) is 13.8. The number of fused-ring (bicyclic) bond motifs is 1. The molecule has 0 radical (unpaired) electrons. The molecule has 0 saturated heterocycles. The molecule has 1 atom stereocenters. The topological polar surface area (TPSA) is 84.5 Å². The largest absolute Gasteiger partial charge is 0.467 e. The number of benzene rings is 1. The number of nitrogens with one attached hydrogen (secondary N) is 2. The lowest BCUT2D eigenvalue weighted by Crippen LogP contribution is -2.35. The van der Waals surface area contributed by atoms with Crippen molar-refractivity contribution in [3.8, 4) is 0 Å². The van der Waals surface area contributed by atoms with E-state index in [-0.39, 0.29) is 18.2 Å². The molecule has 0 fully saturated rings. The molecule has 3 rings (SSSR count). The van der Waals surface area contributed by atoms with Crippen LogP contribution in [0.2, 0.25) is 0 Å². The molecule has 1 aliphatic rings. The van der Waals surface area contributed by atoms with Gasteiger partial charge in [0.1, 0.15) is 0 Å². The Balaban J connectivity index is 1.69. The molecule has 2 aromatic rings. The molecule has 7 heteroatoms. The lowest BCUT2D eigenvalue weighted by molar-refractivity contribution is -0.145. The van der Waals surface area contributed by atoms with Gasteiger partial charge in [-0.15, -0.1) is 0 Å². The van der Waals surface area contributed by atoms with Crippen LogP contribution in [0.3, 0.4) is 0 Å². The van der Waals surface area contributed by atoms with Crippen molar-refractivity contribution in [3.63, 3.8) is 0 Å². The Morgan fingerprint density at radius 1 is 1.38 bits per heavy atom. The molecule has 6 nitrogen and oxygen atoms in total. The summed E-state index contributed by atoms with van der Waals surface area (Å²) in [5, 5.41) is 9.09. The maximum atomic E-state index is 12.3. The molecule has 2 amide bonds. The van der Waals surface area contributed by atoms with Crippen molar-refractivity contribution >= 4 is 34.8 Å². The monoisotopic (exact) mass is 344 g/mol. The van der Waals surface area contributed by atoms with E-state index in [1.165, 1.54) is 18.4 Å². The van der Waals surface area contributed by atoms with Gasteiger partial charge in [-0.3, -0.25) is 9.59 Å². The molecule has 1 aromatic heterocycles. The Morgan fingerprint density at radius 2 is 2.21 bits per heavy atom. The maximum Gasteiger partial charge on any atom is 0.333 e. The van der Waals surface area contributed by atoms with Crippen LogP contribution in [0.1, 0.15) is 22.7 Å². The number of rotatable bonds is 5. The van der Waals surface area contributed by atoms with Gasteiger partial charge < -0.3 is 15.4 Å². The van der Waals surface area contributed by atoms with Crippen LogP contribution in [-0.4, -0.2) is 24.9 Å². The third-order valence-corrected chi connectivity index (χ3v) is 4.48. The highest BCUT2D eigenvalue weighted by molar-refractivity contribution is 7.08. The van der Waals surface area contributed by atoms with Gasteiger partial charge in [0.05, 0.1) is 20.0 Å². The summed E-state index contributed by atoms with van der Waals surface area (Å²) < 4.78 is 4.76. The third-order valence-electron chi connectivity index (χ3n) is 3.78. The van der Waals surface area contributed by atoms with E-state index in [1.807, 2.05) is 17.5 Å². The van der Waals surface area contributed by atoms with Gasteiger partial charge in [0, 0.05) is 5.69 Å². The van der Waals surface area contributed by atoms with Crippen LogP contribution in [0.4, 0.5) is 5.69 Å². The average Bonchev–Trinajstić information content (AvgIpc) is 3.20. The van der Waals surface area contributed by atoms with Crippen LogP contribution in [0, 0.1) is 0 Å². The molecule has 1 aromatic carbocycles. The highest BCUT2D eigenvalue weighted by Gasteiger charge is 2.24. The fraction of sp³-hybridized carbons (Fsp3) is 0.235. The molecule has 0 aliphatic carbocycles. The summed E-state index contributed by atoms with van der Waals surface area (Å²) in [7, 11) is 1.29. The molecule has 2 heterocycles. The second kappa shape index (κ2) is 6.84. The van der Waals surface area contributed by atoms with Gasteiger partial charge >= 0.3 is 5.97 Å². The summed E-state index contributed by atoms with van der Waals surface area (Å²) >= 11 is 1.44. The number of thiophene rings is 1. The van der Waals surface area contributed by atoms with Crippen LogP contribution in [0.25, 0.3) is 0 Å². The number of methoxy groups -OCH3 is 1. The van der Waals surface area contributed by atoms with E-state index in [4.69, 9.17) is 4.74 Å². The number of esters is 1. The minimum atomic E-state index is -0.817. The number of hydrogen-bond donors (Lipinski definition) is 2. The zero-order valence-electron chi connectivity index (χ0n) is 13.0. The molecule has 2 N–H and O–H groups in total. The average molecular weight is 344 g/mol. The molecule has 24 heavy (non-hydrogen) atoms. The summed E-state index contributed by atoms with van der Waals surface area (Å²) in [6.45, 7) is 0. The highest BCUT2D eigenvalue weighted by atomic mass is 32.1. The summed E-state index contributed by atoms with van der Waals surface area (Å²) in [5.74, 6) is -0.848. The fourth-order valence-corrected chi connectivity index (χ4v) is 3.29. The predicted molar refractivity (Wildman–Crippen MR) is 89.7 cm³/mol. The number of anilines is 1. The summed E-state index contributed by atoms with van der Waals surface area (Å²) in [6.07, 6.45) is 0.477. The van der Waals surface area contributed by atoms with Crippen LogP contribution in [0.15, 0.2) is 35.0 Å². The number of carbonyl (C=O) groups is 3. The first kappa shape index (κ1) is 16.2. The van der Waals surface area contributed by atoms with E-state index < -0.39 is 12.0 Å². The molecule has 0 spiro atoms. The predicted octanol–water partition coefficient (Wildman–Crippen LogP) is 1.82. The number of hydrogen-bond acceptors (Lipinski definition) is 5. The smallest absolute Gasteiger partial charge is 0.333 e. The maximum absolute atomic E-state index is 12.3. The van der Waals surface area contributed by atoms with Crippen molar-refractivity contribution in [2.45, 2.75) is 18.9 Å². The van der Waals surface area contributed by atoms with Crippen LogP contribution >= 0.6 is 11.3 Å². The van der Waals surface area contributed by atoms with Crippen molar-refractivity contribution < 1.29 is 19.1 Å². The van der Waals surface area contributed by atoms with Crippen LogP contribution in [0.5, 0.6) is 0 Å².